The van der Waals surface area contributed by atoms with E-state index >= 15 is 0 Å². The van der Waals surface area contributed by atoms with Gasteiger partial charge >= 0.3 is 5.97 Å². The summed E-state index contributed by atoms with van der Waals surface area (Å²) in [6.45, 7) is 5.70. The van der Waals surface area contributed by atoms with E-state index in [-0.39, 0.29) is 23.9 Å². The molecule has 1 aromatic carbocycles. The van der Waals surface area contributed by atoms with Gasteiger partial charge < -0.3 is 15.0 Å². The van der Waals surface area contributed by atoms with E-state index in [1.807, 2.05) is 18.7 Å². The van der Waals surface area contributed by atoms with Gasteiger partial charge in [-0.25, -0.2) is 4.79 Å². The highest BCUT2D eigenvalue weighted by Gasteiger charge is 2.28. The van der Waals surface area contributed by atoms with Crippen LogP contribution in [-0.4, -0.2) is 41.9 Å². The molecular formula is C20H26N2O4. The van der Waals surface area contributed by atoms with Crippen LogP contribution in [0.15, 0.2) is 35.9 Å². The van der Waals surface area contributed by atoms with Gasteiger partial charge in [-0.2, -0.15) is 0 Å². The molecule has 1 aliphatic rings. The van der Waals surface area contributed by atoms with Gasteiger partial charge in [0.2, 0.25) is 5.91 Å². The van der Waals surface area contributed by atoms with Gasteiger partial charge in [0, 0.05) is 29.4 Å². The van der Waals surface area contributed by atoms with Crippen molar-refractivity contribution in [1.82, 2.24) is 4.90 Å². The third-order valence-electron chi connectivity index (χ3n) is 4.71. The van der Waals surface area contributed by atoms with Crippen molar-refractivity contribution in [3.8, 4) is 0 Å². The number of piperidine rings is 1. The van der Waals surface area contributed by atoms with E-state index in [0.29, 0.717) is 16.8 Å². The second-order valence-corrected chi connectivity index (χ2v) is 6.72. The number of esters is 1. The van der Waals surface area contributed by atoms with Crippen LogP contribution in [0.3, 0.4) is 0 Å². The minimum Gasteiger partial charge on any atom is -0.465 e. The number of anilines is 1. The molecule has 6 nitrogen and oxygen atoms in total. The maximum atomic E-state index is 12.6. The average Bonchev–Trinajstić information content (AvgIpc) is 2.61. The molecule has 2 atom stereocenters. The average molecular weight is 358 g/mol. The molecule has 0 radical (unpaired) electrons. The largest absolute Gasteiger partial charge is 0.465 e. The van der Waals surface area contributed by atoms with Gasteiger partial charge in [-0.05, 0) is 64.3 Å². The van der Waals surface area contributed by atoms with Crippen LogP contribution in [0.25, 0.3) is 0 Å². The van der Waals surface area contributed by atoms with E-state index < -0.39 is 5.97 Å². The third kappa shape index (κ3) is 4.71. The highest BCUT2D eigenvalue weighted by Crippen LogP contribution is 2.23. The number of methoxy groups -OCH3 is 1. The molecule has 1 fully saturated rings. The van der Waals surface area contributed by atoms with E-state index in [1.165, 1.54) is 13.2 Å². The number of carbonyl (C=O) groups is 3. The van der Waals surface area contributed by atoms with E-state index in [0.717, 1.165) is 19.3 Å². The first kappa shape index (κ1) is 19.7. The second kappa shape index (κ2) is 8.65. The summed E-state index contributed by atoms with van der Waals surface area (Å²) in [6, 6.07) is 6.75. The lowest BCUT2D eigenvalue weighted by Crippen LogP contribution is -2.47. The molecule has 2 rings (SSSR count). The summed E-state index contributed by atoms with van der Waals surface area (Å²) in [5.41, 5.74) is 1.29. The lowest BCUT2D eigenvalue weighted by molar-refractivity contribution is -0.132. The van der Waals surface area contributed by atoms with E-state index in [1.54, 1.807) is 31.2 Å². The first-order valence-corrected chi connectivity index (χ1v) is 8.83. The number of hydrogen-bond acceptors (Lipinski definition) is 4. The Morgan fingerprint density at radius 3 is 2.23 bits per heavy atom. The molecule has 1 saturated heterocycles. The zero-order valence-electron chi connectivity index (χ0n) is 15.7. The van der Waals surface area contributed by atoms with Crippen LogP contribution in [0.5, 0.6) is 0 Å². The summed E-state index contributed by atoms with van der Waals surface area (Å²) in [6.07, 6.45) is 4.50. The number of carbonyl (C=O) groups excluding carboxylic acids is 3. The number of rotatable bonds is 4. The predicted octanol–water partition coefficient (Wildman–Crippen LogP) is 3.15. The van der Waals surface area contributed by atoms with Crippen LogP contribution >= 0.6 is 0 Å². The highest BCUT2D eigenvalue weighted by molar-refractivity contribution is 6.07. The van der Waals surface area contributed by atoms with E-state index in [4.69, 9.17) is 0 Å². The molecule has 1 aliphatic heterocycles. The minimum absolute atomic E-state index is 0.126. The van der Waals surface area contributed by atoms with Crippen molar-refractivity contribution in [2.24, 2.45) is 0 Å². The summed E-state index contributed by atoms with van der Waals surface area (Å²) < 4.78 is 4.64. The number of nitrogens with zero attached hydrogens (tertiary/aromatic N) is 1. The lowest BCUT2D eigenvalue weighted by atomic mass is 9.97. The molecule has 1 N–H and O–H groups in total. The maximum absolute atomic E-state index is 12.6. The van der Waals surface area contributed by atoms with Crippen molar-refractivity contribution in [2.75, 3.05) is 12.4 Å². The Hall–Kier alpha value is -2.63. The minimum atomic E-state index is -0.436. The molecule has 6 heteroatoms. The van der Waals surface area contributed by atoms with Gasteiger partial charge in [-0.1, -0.05) is 0 Å². The molecule has 140 valence electrons. The van der Waals surface area contributed by atoms with Gasteiger partial charge in [0.15, 0.2) is 0 Å². The van der Waals surface area contributed by atoms with Crippen LogP contribution in [0.4, 0.5) is 5.69 Å². The Bertz CT molecular complexity index is 699. The molecule has 0 aliphatic carbocycles. The van der Waals surface area contributed by atoms with Crippen molar-refractivity contribution in [3.05, 3.63) is 41.5 Å². The van der Waals surface area contributed by atoms with Crippen molar-refractivity contribution < 1.29 is 19.1 Å². The summed E-state index contributed by atoms with van der Waals surface area (Å²) in [5, 5.41) is 2.73. The van der Waals surface area contributed by atoms with Gasteiger partial charge in [0.25, 0.3) is 5.91 Å². The summed E-state index contributed by atoms with van der Waals surface area (Å²) in [5.74, 6) is -0.908. The van der Waals surface area contributed by atoms with Crippen LogP contribution in [-0.2, 0) is 14.3 Å². The van der Waals surface area contributed by atoms with Crippen molar-refractivity contribution in [1.29, 1.82) is 0 Å². The van der Waals surface area contributed by atoms with Crippen LogP contribution in [0.1, 0.15) is 50.4 Å². The number of hydrogen-bond donors (Lipinski definition) is 1. The van der Waals surface area contributed by atoms with Gasteiger partial charge in [-0.15, -0.1) is 0 Å². The molecule has 26 heavy (non-hydrogen) atoms. The molecule has 0 spiro atoms. The van der Waals surface area contributed by atoms with Gasteiger partial charge in [0.1, 0.15) is 0 Å². The second-order valence-electron chi connectivity index (χ2n) is 6.72. The molecule has 2 unspecified atom stereocenters. The number of ether oxygens (including phenoxy) is 1. The Balaban J connectivity index is 2.03. The zero-order valence-corrected chi connectivity index (χ0v) is 15.7. The highest BCUT2D eigenvalue weighted by atomic mass is 16.5. The molecular weight excluding hydrogens is 332 g/mol. The van der Waals surface area contributed by atoms with E-state index in [9.17, 15) is 14.4 Å². The fourth-order valence-electron chi connectivity index (χ4n) is 3.22. The van der Waals surface area contributed by atoms with E-state index in [2.05, 4.69) is 10.1 Å². The van der Waals surface area contributed by atoms with Crippen LogP contribution in [0.2, 0.25) is 0 Å². The first-order chi connectivity index (χ1) is 12.3. The van der Waals surface area contributed by atoms with Gasteiger partial charge in [0.05, 0.1) is 12.7 Å². The van der Waals surface area contributed by atoms with Crippen molar-refractivity contribution in [2.45, 2.75) is 52.1 Å². The molecule has 1 heterocycles. The third-order valence-corrected chi connectivity index (χ3v) is 4.71. The Morgan fingerprint density at radius 1 is 1.12 bits per heavy atom. The normalized spacial score (nSPS) is 20.5. The molecule has 0 bridgehead atoms. The quantitative estimate of drug-likeness (QED) is 0.663. The van der Waals surface area contributed by atoms with Crippen LogP contribution in [0, 0.1) is 0 Å². The van der Waals surface area contributed by atoms with Gasteiger partial charge in [-0.3, -0.25) is 9.59 Å². The summed E-state index contributed by atoms with van der Waals surface area (Å²) >= 11 is 0. The molecule has 0 aromatic heterocycles. The monoisotopic (exact) mass is 358 g/mol. The molecule has 2 amide bonds. The number of nitrogens with one attached hydrogen (secondary N) is 1. The lowest BCUT2D eigenvalue weighted by Gasteiger charge is -2.38. The summed E-state index contributed by atoms with van der Waals surface area (Å²) in [7, 11) is 1.31. The Labute approximate surface area is 154 Å². The topological polar surface area (TPSA) is 75.7 Å². The Morgan fingerprint density at radius 2 is 1.69 bits per heavy atom. The van der Waals surface area contributed by atoms with Crippen LogP contribution < -0.4 is 5.32 Å². The fourth-order valence-corrected chi connectivity index (χ4v) is 3.22. The van der Waals surface area contributed by atoms with Crippen molar-refractivity contribution in [3.63, 3.8) is 0 Å². The summed E-state index contributed by atoms with van der Waals surface area (Å²) in [4.78, 5) is 38.2. The SMILES string of the molecule is COC(=O)c1ccc(NC(=O)/C(C)=C/C(=O)N2C(C)CCCC2C)cc1. The predicted molar refractivity (Wildman–Crippen MR) is 99.8 cm³/mol. The number of benzene rings is 1. The Kier molecular flexibility index (Phi) is 6.55. The standard InChI is InChI=1S/C20H26N2O4/c1-13(12-18(23)22-14(2)6-5-7-15(22)3)19(24)21-17-10-8-16(9-11-17)20(25)26-4/h8-12,14-15H,5-7H2,1-4H3,(H,21,24)/b13-12+. The first-order valence-electron chi connectivity index (χ1n) is 8.83. The zero-order chi connectivity index (χ0) is 19.3. The number of amides is 2. The fraction of sp³-hybridized carbons (Fsp3) is 0.450. The number of likely N-dealkylation sites (tertiary alicyclic amines) is 1. The molecule has 1 aromatic rings. The maximum Gasteiger partial charge on any atom is 0.337 e. The van der Waals surface area contributed by atoms with Crippen molar-refractivity contribution >= 4 is 23.5 Å². The molecule has 0 saturated carbocycles. The smallest absolute Gasteiger partial charge is 0.337 e.